The predicted molar refractivity (Wildman–Crippen MR) is 71.7 cm³/mol. The molecule has 1 rings (SSSR count). The Morgan fingerprint density at radius 3 is 1.88 bits per heavy atom. The Labute approximate surface area is 134 Å². The van der Waals surface area contributed by atoms with E-state index in [-0.39, 0.29) is 5.56 Å². The number of nitrogens with zero attached hydrogens (tertiary/aromatic N) is 1. The van der Waals surface area contributed by atoms with Gasteiger partial charge in [-0.25, -0.2) is 9.24 Å². The van der Waals surface area contributed by atoms with Crippen LogP contribution in [0.25, 0.3) is 4.85 Å². The summed E-state index contributed by atoms with van der Waals surface area (Å²) in [7, 11) is 0. The van der Waals surface area contributed by atoms with Crippen LogP contribution in [-0.2, 0) is 11.3 Å². The zero-order valence-corrected chi connectivity index (χ0v) is 12.9. The molecule has 0 N–H and O–H groups in total. The van der Waals surface area contributed by atoms with Gasteiger partial charge in [-0.05, 0) is 17.7 Å². The fraction of sp³-hybridized carbons (Fsp3) is 0.533. The molecule has 0 aliphatic carbocycles. The van der Waals surface area contributed by atoms with Gasteiger partial charge in [-0.2, -0.15) is 26.3 Å². The van der Waals surface area contributed by atoms with E-state index in [1.807, 2.05) is 0 Å². The summed E-state index contributed by atoms with van der Waals surface area (Å²) in [5.74, 6) is -0.928. The molecular weight excluding hydrogens is 343 g/mol. The number of hydrogen-bond acceptors (Lipinski definition) is 1. The monoisotopic (exact) mass is 357 g/mol. The minimum absolute atomic E-state index is 0.176. The number of hydrogen-bond donors (Lipinski definition) is 0. The number of ether oxygens (including phenoxy) is 1. The first kappa shape index (κ1) is 20.2. The van der Waals surface area contributed by atoms with Gasteiger partial charge >= 0.3 is 12.4 Å². The average Bonchev–Trinajstić information content (AvgIpc) is 2.36. The van der Waals surface area contributed by atoms with Crippen molar-refractivity contribution in [3.63, 3.8) is 0 Å². The van der Waals surface area contributed by atoms with E-state index in [9.17, 15) is 30.7 Å². The van der Waals surface area contributed by atoms with E-state index >= 15 is 0 Å². The van der Waals surface area contributed by atoms with Crippen LogP contribution >= 0.6 is 0 Å². The first-order chi connectivity index (χ1) is 10.7. The first-order valence-corrected chi connectivity index (χ1v) is 6.60. The van der Waals surface area contributed by atoms with E-state index in [4.69, 9.17) is 6.57 Å². The topological polar surface area (TPSA) is 13.6 Å². The highest BCUT2D eigenvalue weighted by Gasteiger charge is 2.77. The van der Waals surface area contributed by atoms with Gasteiger partial charge in [0.25, 0.3) is 5.60 Å². The van der Waals surface area contributed by atoms with Crippen LogP contribution in [0.5, 0.6) is 0 Å². The zero-order chi connectivity index (χ0) is 19.0. The van der Waals surface area contributed by atoms with E-state index < -0.39 is 41.5 Å². The van der Waals surface area contributed by atoms with Crippen LogP contribution < -0.4 is 0 Å². The molecule has 0 unspecified atom stereocenters. The molecule has 2 nitrogen and oxygen atoms in total. The summed E-state index contributed by atoms with van der Waals surface area (Å²) in [6, 6.07) is 2.60. The standard InChI is InChI=1S/C15H14F7NO/c1-12(2,3)13(14(17,18)19,15(20,21)22)24-8-9-5-6-10(16)11(7-9)23-4/h5-7H,8H2,1-3H3. The highest BCUT2D eigenvalue weighted by molar-refractivity contribution is 5.48. The van der Waals surface area contributed by atoms with Crippen LogP contribution in [0.3, 0.4) is 0 Å². The SMILES string of the molecule is [C-]#[N+]c1cc(COC(C(C)(C)C)(C(F)(F)F)C(F)(F)F)ccc1F. The molecule has 134 valence electrons. The molecule has 0 amide bonds. The van der Waals surface area contributed by atoms with Gasteiger partial charge < -0.3 is 4.74 Å². The molecule has 0 heterocycles. The molecule has 0 atom stereocenters. The van der Waals surface area contributed by atoms with E-state index in [2.05, 4.69) is 9.58 Å². The Bertz CT molecular complexity index is 599. The molecule has 0 aliphatic rings. The Morgan fingerprint density at radius 1 is 1.00 bits per heavy atom. The predicted octanol–water partition coefficient (Wildman–Crippen LogP) is 5.80. The van der Waals surface area contributed by atoms with E-state index in [1.165, 1.54) is 0 Å². The Hall–Kier alpha value is -1.82. The van der Waals surface area contributed by atoms with Crippen molar-refractivity contribution in [3.05, 3.63) is 41.0 Å². The molecule has 0 radical (unpaired) electrons. The van der Waals surface area contributed by atoms with Crippen molar-refractivity contribution in [3.8, 4) is 0 Å². The minimum Gasteiger partial charge on any atom is -0.353 e. The van der Waals surface area contributed by atoms with Crippen molar-refractivity contribution < 1.29 is 35.5 Å². The maximum atomic E-state index is 13.3. The summed E-state index contributed by atoms with van der Waals surface area (Å²) in [6.07, 6.45) is -11.5. The van der Waals surface area contributed by atoms with Crippen molar-refractivity contribution in [2.24, 2.45) is 5.41 Å². The van der Waals surface area contributed by atoms with Crippen molar-refractivity contribution in [2.75, 3.05) is 0 Å². The molecule has 0 fully saturated rings. The molecule has 0 aromatic heterocycles. The van der Waals surface area contributed by atoms with Crippen LogP contribution in [0.2, 0.25) is 0 Å². The second kappa shape index (κ2) is 6.24. The van der Waals surface area contributed by atoms with Gasteiger partial charge in [-0.15, -0.1) is 0 Å². The third-order valence-corrected chi connectivity index (χ3v) is 3.44. The van der Waals surface area contributed by atoms with Gasteiger partial charge in [0.15, 0.2) is 0 Å². The molecule has 0 bridgehead atoms. The fourth-order valence-corrected chi connectivity index (χ4v) is 2.32. The number of rotatable bonds is 3. The summed E-state index contributed by atoms with van der Waals surface area (Å²) in [5, 5.41) is 0. The summed E-state index contributed by atoms with van der Waals surface area (Å²) in [6.45, 7) is 7.94. The second-order valence-electron chi connectivity index (χ2n) is 6.11. The maximum Gasteiger partial charge on any atom is 0.427 e. The molecule has 1 aromatic rings. The van der Waals surface area contributed by atoms with Crippen LogP contribution in [0.1, 0.15) is 26.3 Å². The van der Waals surface area contributed by atoms with Crippen molar-refractivity contribution in [1.82, 2.24) is 0 Å². The highest BCUT2D eigenvalue weighted by atomic mass is 19.4. The van der Waals surface area contributed by atoms with Gasteiger partial charge in [-0.3, -0.25) is 0 Å². The summed E-state index contributed by atoms with van der Waals surface area (Å²) in [5.41, 5.74) is -7.47. The molecule has 0 saturated carbocycles. The minimum atomic E-state index is -5.73. The molecule has 9 heteroatoms. The first-order valence-electron chi connectivity index (χ1n) is 6.60. The fourth-order valence-electron chi connectivity index (χ4n) is 2.32. The molecular formula is C15H14F7NO. The maximum absolute atomic E-state index is 13.3. The molecule has 24 heavy (non-hydrogen) atoms. The van der Waals surface area contributed by atoms with Crippen LogP contribution in [0.4, 0.5) is 36.4 Å². The third-order valence-electron chi connectivity index (χ3n) is 3.44. The van der Waals surface area contributed by atoms with Gasteiger partial charge in [0.2, 0.25) is 5.69 Å². The third kappa shape index (κ3) is 3.48. The largest absolute Gasteiger partial charge is 0.427 e. The number of benzene rings is 1. The lowest BCUT2D eigenvalue weighted by molar-refractivity contribution is -0.413. The zero-order valence-electron chi connectivity index (χ0n) is 12.9. The summed E-state index contributed by atoms with van der Waals surface area (Å²) < 4.78 is 97.5. The van der Waals surface area contributed by atoms with Crippen LogP contribution in [0.15, 0.2) is 18.2 Å². The Balaban J connectivity index is 3.32. The van der Waals surface area contributed by atoms with Gasteiger partial charge in [0.05, 0.1) is 13.2 Å². The molecule has 0 spiro atoms. The normalized spacial score (nSPS) is 13.7. The highest BCUT2D eigenvalue weighted by Crippen LogP contribution is 2.55. The van der Waals surface area contributed by atoms with Crippen LogP contribution in [0, 0.1) is 17.8 Å². The van der Waals surface area contributed by atoms with Gasteiger partial charge in [-0.1, -0.05) is 26.8 Å². The van der Waals surface area contributed by atoms with Crippen molar-refractivity contribution >= 4 is 5.69 Å². The molecule has 0 aliphatic heterocycles. The van der Waals surface area contributed by atoms with E-state index in [0.717, 1.165) is 39.0 Å². The lowest BCUT2D eigenvalue weighted by Crippen LogP contribution is -2.66. The molecule has 0 saturated heterocycles. The lowest BCUT2D eigenvalue weighted by Gasteiger charge is -2.45. The molecule has 1 aromatic carbocycles. The number of halogens is 7. The van der Waals surface area contributed by atoms with Gasteiger partial charge in [0.1, 0.15) is 5.82 Å². The van der Waals surface area contributed by atoms with Crippen molar-refractivity contribution in [2.45, 2.75) is 45.3 Å². The Morgan fingerprint density at radius 2 is 1.50 bits per heavy atom. The van der Waals surface area contributed by atoms with Gasteiger partial charge in [0, 0.05) is 5.41 Å². The van der Waals surface area contributed by atoms with E-state index in [0.29, 0.717) is 0 Å². The van der Waals surface area contributed by atoms with Crippen molar-refractivity contribution in [1.29, 1.82) is 0 Å². The quantitative estimate of drug-likeness (QED) is 0.492. The Kier molecular flexibility index (Phi) is 5.26. The van der Waals surface area contributed by atoms with E-state index in [1.54, 1.807) is 0 Å². The second-order valence-corrected chi connectivity index (χ2v) is 6.11. The smallest absolute Gasteiger partial charge is 0.353 e. The number of alkyl halides is 6. The average molecular weight is 357 g/mol. The summed E-state index contributed by atoms with van der Waals surface area (Å²) >= 11 is 0. The van der Waals surface area contributed by atoms with Crippen LogP contribution in [-0.4, -0.2) is 18.0 Å². The summed E-state index contributed by atoms with van der Waals surface area (Å²) in [4.78, 5) is 2.80. The lowest BCUT2D eigenvalue weighted by atomic mass is 9.75.